The first kappa shape index (κ1) is 28.2. The second kappa shape index (κ2) is 10.9. The highest BCUT2D eigenvalue weighted by molar-refractivity contribution is 6.29. The predicted octanol–water partition coefficient (Wildman–Crippen LogP) is 14.3. The fraction of sp³-hybridized carbons (Fsp3) is 0. The highest BCUT2D eigenvalue weighted by Gasteiger charge is 2.19. The average Bonchev–Trinajstić information content (AvgIpc) is 3.59. The Balaban J connectivity index is 1.14. The molecule has 0 aliphatic carbocycles. The molecule has 10 aromatic carbocycles. The summed E-state index contributed by atoms with van der Waals surface area (Å²) < 4.78 is 6.48. The molecule has 1 heterocycles. The number of benzene rings is 10. The topological polar surface area (TPSA) is 13.1 Å². The van der Waals surface area contributed by atoms with Crippen LogP contribution < -0.4 is 0 Å². The summed E-state index contributed by atoms with van der Waals surface area (Å²) in [4.78, 5) is 0. The van der Waals surface area contributed by atoms with Gasteiger partial charge in [-0.15, -0.1) is 0 Å². The van der Waals surface area contributed by atoms with Crippen LogP contribution in [0.1, 0.15) is 0 Å². The summed E-state index contributed by atoms with van der Waals surface area (Å²) in [5.41, 5.74) is 11.6. The molecule has 11 aromatic rings. The summed E-state index contributed by atoms with van der Waals surface area (Å²) in [6.07, 6.45) is 0. The third-order valence-electron chi connectivity index (χ3n) is 10.8. The van der Waals surface area contributed by atoms with Gasteiger partial charge in [0.05, 0.1) is 0 Å². The minimum Gasteiger partial charge on any atom is -0.455 e. The predicted molar refractivity (Wildman–Crippen MR) is 217 cm³/mol. The van der Waals surface area contributed by atoms with Crippen LogP contribution in [0, 0.1) is 0 Å². The van der Waals surface area contributed by atoms with Crippen molar-refractivity contribution < 1.29 is 4.42 Å². The van der Waals surface area contributed by atoms with Gasteiger partial charge in [-0.25, -0.2) is 0 Å². The van der Waals surface area contributed by atoms with Crippen LogP contribution in [0.5, 0.6) is 0 Å². The number of rotatable bonds is 4. The van der Waals surface area contributed by atoms with E-state index in [-0.39, 0.29) is 0 Å². The van der Waals surface area contributed by atoms with E-state index in [2.05, 4.69) is 176 Å². The van der Waals surface area contributed by atoms with Gasteiger partial charge in [0, 0.05) is 16.3 Å². The van der Waals surface area contributed by atoms with Crippen LogP contribution in [-0.4, -0.2) is 0 Å². The monoisotopic (exact) mass is 646 g/mol. The molecule has 0 saturated heterocycles. The first-order chi connectivity index (χ1) is 25.3. The van der Waals surface area contributed by atoms with Crippen molar-refractivity contribution in [3.05, 3.63) is 182 Å². The van der Waals surface area contributed by atoms with Crippen molar-refractivity contribution in [3.63, 3.8) is 0 Å². The van der Waals surface area contributed by atoms with E-state index in [9.17, 15) is 0 Å². The van der Waals surface area contributed by atoms with Crippen LogP contribution in [0.2, 0.25) is 0 Å². The van der Waals surface area contributed by atoms with E-state index >= 15 is 0 Å². The summed E-state index contributed by atoms with van der Waals surface area (Å²) in [6.45, 7) is 0. The molecule has 51 heavy (non-hydrogen) atoms. The first-order valence-corrected chi connectivity index (χ1v) is 17.6. The van der Waals surface area contributed by atoms with Crippen molar-refractivity contribution in [2.45, 2.75) is 0 Å². The molecule has 11 rings (SSSR count). The van der Waals surface area contributed by atoms with Crippen molar-refractivity contribution in [3.8, 4) is 44.5 Å². The quantitative estimate of drug-likeness (QED) is 0.173. The lowest BCUT2D eigenvalue weighted by molar-refractivity contribution is 0.670. The molecule has 1 heteroatoms. The van der Waals surface area contributed by atoms with Gasteiger partial charge in [0.1, 0.15) is 11.2 Å². The molecule has 0 spiro atoms. The highest BCUT2D eigenvalue weighted by atomic mass is 16.3. The molecule has 236 valence electrons. The van der Waals surface area contributed by atoms with E-state index in [1.807, 2.05) is 6.07 Å². The molecular formula is C50H30O. The zero-order valence-electron chi connectivity index (χ0n) is 27.7. The van der Waals surface area contributed by atoms with E-state index in [1.54, 1.807) is 0 Å². The van der Waals surface area contributed by atoms with Gasteiger partial charge in [-0.05, 0) is 118 Å². The van der Waals surface area contributed by atoms with Crippen molar-refractivity contribution >= 4 is 65.0 Å². The molecule has 1 aromatic heterocycles. The number of para-hydroxylation sites is 2. The minimum atomic E-state index is 0.920. The lowest BCUT2D eigenvalue weighted by Crippen LogP contribution is -1.92. The highest BCUT2D eigenvalue weighted by Crippen LogP contribution is 2.46. The maximum Gasteiger partial charge on any atom is 0.143 e. The third kappa shape index (κ3) is 4.35. The Hall–Kier alpha value is -6.70. The molecule has 0 N–H and O–H groups in total. The number of hydrogen-bond acceptors (Lipinski definition) is 1. The van der Waals surface area contributed by atoms with Crippen LogP contribution in [0.3, 0.4) is 0 Å². The first-order valence-electron chi connectivity index (χ1n) is 17.6. The van der Waals surface area contributed by atoms with Gasteiger partial charge in [0.15, 0.2) is 0 Å². The van der Waals surface area contributed by atoms with Crippen LogP contribution in [0.15, 0.2) is 186 Å². The van der Waals surface area contributed by atoms with E-state index in [0.717, 1.165) is 27.5 Å². The van der Waals surface area contributed by atoms with Gasteiger partial charge >= 0.3 is 0 Å². The van der Waals surface area contributed by atoms with E-state index in [1.165, 1.54) is 82.0 Å². The normalized spacial score (nSPS) is 11.9. The SMILES string of the molecule is c1ccc(-c2ccc3cc(-c4cc(-c5ccccc5)c5ccc6cc(-c7cccc8c7oc7ccccc78)cc7ccc4c5c67)ccc3c2)cc1. The Labute approximate surface area is 295 Å². The van der Waals surface area contributed by atoms with Gasteiger partial charge in [-0.1, -0.05) is 146 Å². The lowest BCUT2D eigenvalue weighted by atomic mass is 9.84. The Kier molecular flexibility index (Phi) is 6.02. The molecule has 0 unspecified atom stereocenters. The summed E-state index contributed by atoms with van der Waals surface area (Å²) in [6, 6.07) is 66.4. The number of fused-ring (bicyclic) bond motifs is 4. The fourth-order valence-corrected chi connectivity index (χ4v) is 8.36. The molecular weight excluding hydrogens is 617 g/mol. The Morgan fingerprint density at radius 2 is 0.843 bits per heavy atom. The van der Waals surface area contributed by atoms with Crippen LogP contribution >= 0.6 is 0 Å². The fourth-order valence-electron chi connectivity index (χ4n) is 8.36. The van der Waals surface area contributed by atoms with Crippen LogP contribution in [-0.2, 0) is 0 Å². The van der Waals surface area contributed by atoms with Crippen molar-refractivity contribution in [2.75, 3.05) is 0 Å². The summed E-state index contributed by atoms with van der Waals surface area (Å²) in [7, 11) is 0. The number of furan rings is 1. The zero-order chi connectivity index (χ0) is 33.5. The summed E-state index contributed by atoms with van der Waals surface area (Å²) in [5.74, 6) is 0. The van der Waals surface area contributed by atoms with E-state index < -0.39 is 0 Å². The Morgan fingerprint density at radius 1 is 0.275 bits per heavy atom. The van der Waals surface area contributed by atoms with Gasteiger partial charge < -0.3 is 4.42 Å². The number of hydrogen-bond donors (Lipinski definition) is 0. The van der Waals surface area contributed by atoms with E-state index in [4.69, 9.17) is 4.42 Å². The molecule has 0 aliphatic rings. The largest absolute Gasteiger partial charge is 0.455 e. The molecule has 0 atom stereocenters. The second-order valence-corrected chi connectivity index (χ2v) is 13.7. The summed E-state index contributed by atoms with van der Waals surface area (Å²) >= 11 is 0. The van der Waals surface area contributed by atoms with Crippen LogP contribution in [0.4, 0.5) is 0 Å². The molecule has 0 amide bonds. The van der Waals surface area contributed by atoms with Gasteiger partial charge in [-0.2, -0.15) is 0 Å². The lowest BCUT2D eigenvalue weighted by Gasteiger charge is -2.19. The minimum absolute atomic E-state index is 0.920. The van der Waals surface area contributed by atoms with E-state index in [0.29, 0.717) is 0 Å². The van der Waals surface area contributed by atoms with Crippen LogP contribution in [0.25, 0.3) is 110 Å². The van der Waals surface area contributed by atoms with Crippen molar-refractivity contribution in [2.24, 2.45) is 0 Å². The molecule has 0 aliphatic heterocycles. The molecule has 0 fully saturated rings. The smallest absolute Gasteiger partial charge is 0.143 e. The molecule has 0 saturated carbocycles. The zero-order valence-corrected chi connectivity index (χ0v) is 27.7. The van der Waals surface area contributed by atoms with Gasteiger partial charge in [0.2, 0.25) is 0 Å². The third-order valence-corrected chi connectivity index (χ3v) is 10.8. The van der Waals surface area contributed by atoms with Gasteiger partial charge in [-0.3, -0.25) is 0 Å². The Morgan fingerprint density at radius 3 is 1.59 bits per heavy atom. The summed E-state index contributed by atoms with van der Waals surface area (Å²) in [5, 5.41) is 12.4. The second-order valence-electron chi connectivity index (χ2n) is 13.7. The molecule has 0 bridgehead atoms. The molecule has 1 nitrogen and oxygen atoms in total. The van der Waals surface area contributed by atoms with Crippen molar-refractivity contribution in [1.82, 2.24) is 0 Å². The van der Waals surface area contributed by atoms with Gasteiger partial charge in [0.25, 0.3) is 0 Å². The maximum atomic E-state index is 6.48. The standard InChI is InChI=1S/C50H30O/c1-3-10-31(11-4-1)33-18-19-35-27-36(21-20-34(35)26-33)46-30-45(32-12-5-2-6-13-32)42-24-22-37-28-39(29-38-23-25-43(46)49(42)48(37)38)40-15-9-16-44-41-14-7-8-17-47(41)51-50(40)44/h1-30H. The Bertz CT molecular complexity index is 3090. The molecule has 0 radical (unpaired) electrons. The maximum absolute atomic E-state index is 6.48. The average molecular weight is 647 g/mol. The van der Waals surface area contributed by atoms with Crippen molar-refractivity contribution in [1.29, 1.82) is 0 Å².